The molecule has 0 aliphatic rings. The van der Waals surface area contributed by atoms with Crippen molar-refractivity contribution < 1.29 is 19.4 Å². The standard InChI is InChI=1S/C16H32N2O4/c1-8-9-11-18(14(20)22-16(5,6)7)12-10-17-13(19)21-15(2,3)4/h10,13,19H,8-9,11-12H2,1-7H3/b17-10+. The highest BCUT2D eigenvalue weighted by atomic mass is 16.6. The summed E-state index contributed by atoms with van der Waals surface area (Å²) in [6.45, 7) is 13.9. The van der Waals surface area contributed by atoms with Crippen LogP contribution in [0.4, 0.5) is 4.79 Å². The number of carbonyl (C=O) groups is 1. The predicted octanol–water partition coefficient (Wildman–Crippen LogP) is 3.19. The molecular formula is C16H32N2O4. The zero-order valence-corrected chi connectivity index (χ0v) is 15.0. The molecule has 130 valence electrons. The van der Waals surface area contributed by atoms with Gasteiger partial charge in [-0.15, -0.1) is 0 Å². The zero-order chi connectivity index (χ0) is 17.4. The van der Waals surface area contributed by atoms with E-state index < -0.39 is 17.6 Å². The molecule has 0 aromatic rings. The Morgan fingerprint density at radius 3 is 2.27 bits per heavy atom. The Hall–Kier alpha value is -1.14. The third kappa shape index (κ3) is 11.5. The first kappa shape index (κ1) is 20.9. The Morgan fingerprint density at radius 2 is 1.82 bits per heavy atom. The Morgan fingerprint density at radius 1 is 1.23 bits per heavy atom. The number of aliphatic hydroxyl groups excluding tert-OH is 1. The van der Waals surface area contributed by atoms with Crippen LogP contribution in [-0.2, 0) is 9.47 Å². The fraction of sp³-hybridized carbons (Fsp3) is 0.875. The lowest BCUT2D eigenvalue weighted by atomic mass is 10.2. The van der Waals surface area contributed by atoms with E-state index in [-0.39, 0.29) is 12.6 Å². The molecule has 0 saturated carbocycles. The number of hydrogen-bond donors (Lipinski definition) is 1. The van der Waals surface area contributed by atoms with Crippen molar-refractivity contribution >= 4 is 12.3 Å². The van der Waals surface area contributed by atoms with Crippen LogP contribution in [0.3, 0.4) is 0 Å². The molecule has 0 bridgehead atoms. The van der Waals surface area contributed by atoms with Gasteiger partial charge in [-0.3, -0.25) is 0 Å². The third-order valence-corrected chi connectivity index (χ3v) is 2.43. The number of hydrogen-bond acceptors (Lipinski definition) is 5. The highest BCUT2D eigenvalue weighted by Gasteiger charge is 2.21. The first-order valence-electron chi connectivity index (χ1n) is 7.80. The van der Waals surface area contributed by atoms with Crippen LogP contribution >= 0.6 is 0 Å². The van der Waals surface area contributed by atoms with E-state index in [2.05, 4.69) is 11.9 Å². The van der Waals surface area contributed by atoms with E-state index in [1.807, 2.05) is 41.5 Å². The van der Waals surface area contributed by atoms with Gasteiger partial charge in [0.05, 0.1) is 12.1 Å². The number of amides is 1. The summed E-state index contributed by atoms with van der Waals surface area (Å²) >= 11 is 0. The van der Waals surface area contributed by atoms with Crippen LogP contribution in [0.25, 0.3) is 0 Å². The van der Waals surface area contributed by atoms with Gasteiger partial charge < -0.3 is 19.5 Å². The molecule has 0 saturated heterocycles. The average Bonchev–Trinajstić information content (AvgIpc) is 2.28. The van der Waals surface area contributed by atoms with Crippen LogP contribution in [0.5, 0.6) is 0 Å². The van der Waals surface area contributed by atoms with Gasteiger partial charge in [-0.05, 0) is 48.0 Å². The smallest absolute Gasteiger partial charge is 0.410 e. The molecule has 0 spiro atoms. The molecule has 22 heavy (non-hydrogen) atoms. The second kappa shape index (κ2) is 9.10. The lowest BCUT2D eigenvalue weighted by Gasteiger charge is -2.26. The van der Waals surface area contributed by atoms with Crippen molar-refractivity contribution in [3.8, 4) is 0 Å². The van der Waals surface area contributed by atoms with Crippen molar-refractivity contribution in [2.24, 2.45) is 4.99 Å². The average molecular weight is 316 g/mol. The maximum atomic E-state index is 12.1. The van der Waals surface area contributed by atoms with Crippen LogP contribution in [0.15, 0.2) is 4.99 Å². The van der Waals surface area contributed by atoms with Crippen molar-refractivity contribution in [1.82, 2.24) is 4.90 Å². The largest absolute Gasteiger partial charge is 0.444 e. The van der Waals surface area contributed by atoms with Crippen molar-refractivity contribution in [1.29, 1.82) is 0 Å². The van der Waals surface area contributed by atoms with Gasteiger partial charge in [0.1, 0.15) is 5.60 Å². The summed E-state index contributed by atoms with van der Waals surface area (Å²) in [5.41, 5.74) is -1.02. The number of unbranched alkanes of at least 4 members (excludes halogenated alkanes) is 1. The molecule has 6 heteroatoms. The summed E-state index contributed by atoms with van der Waals surface area (Å²) < 4.78 is 10.6. The van der Waals surface area contributed by atoms with Crippen molar-refractivity contribution in [2.45, 2.75) is 78.9 Å². The van der Waals surface area contributed by atoms with Crippen LogP contribution in [0.2, 0.25) is 0 Å². The minimum absolute atomic E-state index is 0.277. The number of ether oxygens (including phenoxy) is 2. The molecule has 0 heterocycles. The van der Waals surface area contributed by atoms with Crippen molar-refractivity contribution in [3.05, 3.63) is 0 Å². The summed E-state index contributed by atoms with van der Waals surface area (Å²) in [5.74, 6) is 0. The fourth-order valence-electron chi connectivity index (χ4n) is 1.52. The van der Waals surface area contributed by atoms with Gasteiger partial charge in [-0.2, -0.15) is 0 Å². The molecule has 0 aliphatic heterocycles. The van der Waals surface area contributed by atoms with Gasteiger partial charge in [0.15, 0.2) is 0 Å². The molecule has 1 amide bonds. The lowest BCUT2D eigenvalue weighted by molar-refractivity contribution is -0.159. The second-order valence-corrected chi connectivity index (χ2v) is 7.17. The van der Waals surface area contributed by atoms with Crippen LogP contribution < -0.4 is 0 Å². The number of carbonyl (C=O) groups excluding carboxylic acids is 1. The van der Waals surface area contributed by atoms with E-state index in [0.29, 0.717) is 6.54 Å². The first-order valence-corrected chi connectivity index (χ1v) is 7.80. The quantitative estimate of drug-likeness (QED) is 0.578. The van der Waals surface area contributed by atoms with Crippen LogP contribution in [0, 0.1) is 0 Å². The van der Waals surface area contributed by atoms with Gasteiger partial charge in [-0.25, -0.2) is 9.79 Å². The van der Waals surface area contributed by atoms with Crippen molar-refractivity contribution in [3.63, 3.8) is 0 Å². The van der Waals surface area contributed by atoms with E-state index in [0.717, 1.165) is 12.8 Å². The van der Waals surface area contributed by atoms with E-state index in [4.69, 9.17) is 9.47 Å². The highest BCUT2D eigenvalue weighted by Crippen LogP contribution is 2.11. The predicted molar refractivity (Wildman–Crippen MR) is 88.1 cm³/mol. The summed E-state index contributed by atoms with van der Waals surface area (Å²) in [5, 5.41) is 9.64. The van der Waals surface area contributed by atoms with Gasteiger partial charge in [-0.1, -0.05) is 13.3 Å². The molecule has 1 unspecified atom stereocenters. The van der Waals surface area contributed by atoms with E-state index in [1.54, 1.807) is 4.90 Å². The Labute approximate surface area is 134 Å². The third-order valence-electron chi connectivity index (χ3n) is 2.43. The van der Waals surface area contributed by atoms with Crippen LogP contribution in [0.1, 0.15) is 61.3 Å². The topological polar surface area (TPSA) is 71.4 Å². The minimum Gasteiger partial charge on any atom is -0.444 e. The molecule has 0 radical (unpaired) electrons. The normalized spacial score (nSPS) is 14.2. The zero-order valence-electron chi connectivity index (χ0n) is 15.0. The Balaban J connectivity index is 4.56. The van der Waals surface area contributed by atoms with Crippen molar-refractivity contribution in [2.75, 3.05) is 13.1 Å². The maximum absolute atomic E-state index is 12.1. The molecule has 1 atom stereocenters. The van der Waals surface area contributed by atoms with Gasteiger partial charge in [0.2, 0.25) is 0 Å². The lowest BCUT2D eigenvalue weighted by Crippen LogP contribution is -2.38. The number of aliphatic hydroxyl groups is 1. The van der Waals surface area contributed by atoms with Gasteiger partial charge in [0.25, 0.3) is 6.41 Å². The number of aliphatic imine (C=N–C) groups is 1. The fourth-order valence-corrected chi connectivity index (χ4v) is 1.52. The second-order valence-electron chi connectivity index (χ2n) is 7.17. The monoisotopic (exact) mass is 316 g/mol. The minimum atomic E-state index is -1.23. The first-order chi connectivity index (χ1) is 9.94. The Bertz CT molecular complexity index is 356. The molecule has 6 nitrogen and oxygen atoms in total. The molecule has 0 aromatic carbocycles. The van der Waals surface area contributed by atoms with E-state index in [1.165, 1.54) is 6.21 Å². The summed E-state index contributed by atoms with van der Waals surface area (Å²) in [4.78, 5) is 17.6. The SMILES string of the molecule is CCCCN(C/C=N/C(O)OC(C)(C)C)C(=O)OC(C)(C)C. The maximum Gasteiger partial charge on any atom is 0.410 e. The Kier molecular flexibility index (Phi) is 8.63. The number of nitrogens with zero attached hydrogens (tertiary/aromatic N) is 2. The molecule has 1 N–H and O–H groups in total. The van der Waals surface area contributed by atoms with Crippen LogP contribution in [-0.4, -0.2) is 53.0 Å². The van der Waals surface area contributed by atoms with E-state index >= 15 is 0 Å². The summed E-state index contributed by atoms with van der Waals surface area (Å²) in [6.07, 6.45) is 1.74. The number of rotatable bonds is 7. The summed E-state index contributed by atoms with van der Waals surface area (Å²) in [7, 11) is 0. The highest BCUT2D eigenvalue weighted by molar-refractivity contribution is 5.73. The molecular weight excluding hydrogens is 284 g/mol. The van der Waals surface area contributed by atoms with Gasteiger partial charge >= 0.3 is 6.09 Å². The molecule has 0 aliphatic carbocycles. The molecule has 0 rings (SSSR count). The summed E-state index contributed by atoms with van der Waals surface area (Å²) in [6, 6.07) is 0. The molecule has 0 fully saturated rings. The van der Waals surface area contributed by atoms with E-state index in [9.17, 15) is 9.90 Å². The van der Waals surface area contributed by atoms with Gasteiger partial charge in [0, 0.05) is 12.8 Å². The molecule has 0 aromatic heterocycles.